The SMILES string of the molecule is CC(C)Oc1cc(Br)cc(C(=O)N(CC(=O)O)C(C)C)c1. The summed E-state index contributed by atoms with van der Waals surface area (Å²) in [5.41, 5.74) is 0.398. The summed E-state index contributed by atoms with van der Waals surface area (Å²) in [5, 5.41) is 8.93. The first kappa shape index (κ1) is 17.5. The van der Waals surface area contributed by atoms with Gasteiger partial charge in [0.1, 0.15) is 12.3 Å². The Morgan fingerprint density at radius 1 is 1.24 bits per heavy atom. The van der Waals surface area contributed by atoms with Crippen LogP contribution in [-0.4, -0.2) is 40.6 Å². The molecule has 1 aromatic carbocycles. The molecule has 0 heterocycles. The molecule has 1 rings (SSSR count). The standard InChI is InChI=1S/C15H20BrNO4/c1-9(2)17(8-14(18)19)15(20)11-5-12(16)7-13(6-11)21-10(3)4/h5-7,9-10H,8H2,1-4H3,(H,18,19). The predicted molar refractivity (Wildman–Crippen MR) is 83.7 cm³/mol. The van der Waals surface area contributed by atoms with Crippen molar-refractivity contribution in [3.8, 4) is 5.75 Å². The van der Waals surface area contributed by atoms with Crippen molar-refractivity contribution in [2.45, 2.75) is 39.8 Å². The molecule has 0 spiro atoms. The molecular weight excluding hydrogens is 338 g/mol. The molecular formula is C15H20BrNO4. The number of aliphatic carboxylic acids is 1. The third kappa shape index (κ3) is 5.38. The van der Waals surface area contributed by atoms with E-state index in [1.165, 1.54) is 4.90 Å². The minimum atomic E-state index is -1.04. The van der Waals surface area contributed by atoms with Gasteiger partial charge in [-0.2, -0.15) is 0 Å². The number of hydrogen-bond acceptors (Lipinski definition) is 3. The van der Waals surface area contributed by atoms with E-state index in [9.17, 15) is 9.59 Å². The van der Waals surface area contributed by atoms with Gasteiger partial charge in [0.25, 0.3) is 5.91 Å². The van der Waals surface area contributed by atoms with Crippen LogP contribution in [-0.2, 0) is 4.79 Å². The summed E-state index contributed by atoms with van der Waals surface area (Å²) in [6, 6.07) is 4.85. The van der Waals surface area contributed by atoms with Gasteiger partial charge in [0.05, 0.1) is 6.10 Å². The average Bonchev–Trinajstić information content (AvgIpc) is 2.33. The molecule has 1 N–H and O–H groups in total. The fourth-order valence-electron chi connectivity index (χ4n) is 1.83. The van der Waals surface area contributed by atoms with Crippen molar-refractivity contribution in [3.63, 3.8) is 0 Å². The summed E-state index contributed by atoms with van der Waals surface area (Å²) in [4.78, 5) is 24.7. The van der Waals surface area contributed by atoms with Gasteiger partial charge in [-0.15, -0.1) is 0 Å². The lowest BCUT2D eigenvalue weighted by atomic mass is 10.1. The number of carbonyl (C=O) groups excluding carboxylic acids is 1. The second-order valence-corrected chi connectivity index (χ2v) is 6.18. The number of halogens is 1. The molecule has 0 aromatic heterocycles. The number of amides is 1. The van der Waals surface area contributed by atoms with E-state index in [-0.39, 0.29) is 24.6 Å². The molecule has 116 valence electrons. The van der Waals surface area contributed by atoms with Gasteiger partial charge in [-0.05, 0) is 45.9 Å². The van der Waals surface area contributed by atoms with Gasteiger partial charge in [0, 0.05) is 16.1 Å². The molecule has 0 aliphatic rings. The normalized spacial score (nSPS) is 10.8. The Morgan fingerprint density at radius 3 is 2.33 bits per heavy atom. The van der Waals surface area contributed by atoms with Crippen LogP contribution < -0.4 is 4.74 Å². The maximum Gasteiger partial charge on any atom is 0.323 e. The van der Waals surface area contributed by atoms with Gasteiger partial charge in [0.15, 0.2) is 0 Å². The maximum atomic E-state index is 12.5. The molecule has 6 heteroatoms. The van der Waals surface area contributed by atoms with Crippen molar-refractivity contribution in [2.24, 2.45) is 0 Å². The summed E-state index contributed by atoms with van der Waals surface area (Å²) in [6.07, 6.45) is -0.0116. The molecule has 0 bridgehead atoms. The van der Waals surface area contributed by atoms with Crippen LogP contribution in [0.3, 0.4) is 0 Å². The van der Waals surface area contributed by atoms with Gasteiger partial charge < -0.3 is 14.7 Å². The molecule has 0 saturated carbocycles. The molecule has 0 radical (unpaired) electrons. The third-order valence-electron chi connectivity index (χ3n) is 2.68. The van der Waals surface area contributed by atoms with Crippen LogP contribution in [0.5, 0.6) is 5.75 Å². The fourth-order valence-corrected chi connectivity index (χ4v) is 2.30. The lowest BCUT2D eigenvalue weighted by Gasteiger charge is -2.25. The highest BCUT2D eigenvalue weighted by Crippen LogP contribution is 2.24. The topological polar surface area (TPSA) is 66.8 Å². The van der Waals surface area contributed by atoms with Crippen LogP contribution in [0.1, 0.15) is 38.1 Å². The van der Waals surface area contributed by atoms with Gasteiger partial charge in [0.2, 0.25) is 0 Å². The van der Waals surface area contributed by atoms with E-state index < -0.39 is 5.97 Å². The predicted octanol–water partition coefficient (Wildman–Crippen LogP) is 3.17. The number of ether oxygens (including phenoxy) is 1. The number of hydrogen-bond donors (Lipinski definition) is 1. The molecule has 0 saturated heterocycles. The molecule has 0 fully saturated rings. The Kier molecular flexibility index (Phi) is 6.20. The number of carboxylic acids is 1. The van der Waals surface area contributed by atoms with Crippen molar-refractivity contribution in [1.29, 1.82) is 0 Å². The first-order valence-corrected chi connectivity index (χ1v) is 7.50. The molecule has 1 amide bonds. The highest BCUT2D eigenvalue weighted by Gasteiger charge is 2.22. The Labute approximate surface area is 133 Å². The third-order valence-corrected chi connectivity index (χ3v) is 3.14. The van der Waals surface area contributed by atoms with Crippen LogP contribution in [0.2, 0.25) is 0 Å². The lowest BCUT2D eigenvalue weighted by molar-refractivity contribution is -0.138. The molecule has 0 aliphatic carbocycles. The van der Waals surface area contributed by atoms with Gasteiger partial charge in [-0.25, -0.2) is 0 Å². The minimum absolute atomic E-state index is 0.0116. The number of rotatable bonds is 6. The Balaban J connectivity index is 3.09. The molecule has 0 unspecified atom stereocenters. The van der Waals surface area contributed by atoms with E-state index in [0.29, 0.717) is 15.8 Å². The summed E-state index contributed by atoms with van der Waals surface area (Å²) < 4.78 is 6.30. The largest absolute Gasteiger partial charge is 0.491 e. The highest BCUT2D eigenvalue weighted by atomic mass is 79.9. The number of benzene rings is 1. The molecule has 1 aromatic rings. The smallest absolute Gasteiger partial charge is 0.323 e. The Hall–Kier alpha value is -1.56. The van der Waals surface area contributed by atoms with Gasteiger partial charge >= 0.3 is 5.97 Å². The van der Waals surface area contributed by atoms with Gasteiger partial charge in [-0.3, -0.25) is 9.59 Å². The maximum absolute atomic E-state index is 12.5. The van der Waals surface area contributed by atoms with Crippen LogP contribution in [0, 0.1) is 0 Å². The second-order valence-electron chi connectivity index (χ2n) is 5.26. The average molecular weight is 358 g/mol. The zero-order valence-electron chi connectivity index (χ0n) is 12.6. The van der Waals surface area contributed by atoms with Crippen molar-refractivity contribution in [3.05, 3.63) is 28.2 Å². The zero-order chi connectivity index (χ0) is 16.2. The summed E-state index contributed by atoms with van der Waals surface area (Å²) in [5.74, 6) is -0.797. The molecule has 21 heavy (non-hydrogen) atoms. The van der Waals surface area contributed by atoms with E-state index >= 15 is 0 Å². The number of carbonyl (C=O) groups is 2. The van der Waals surface area contributed by atoms with Crippen LogP contribution in [0.25, 0.3) is 0 Å². The molecule has 0 atom stereocenters. The highest BCUT2D eigenvalue weighted by molar-refractivity contribution is 9.10. The fraction of sp³-hybridized carbons (Fsp3) is 0.467. The quantitative estimate of drug-likeness (QED) is 0.848. The van der Waals surface area contributed by atoms with E-state index in [4.69, 9.17) is 9.84 Å². The number of carboxylic acid groups (broad SMARTS) is 1. The van der Waals surface area contributed by atoms with Crippen LogP contribution in [0.4, 0.5) is 0 Å². The van der Waals surface area contributed by atoms with Gasteiger partial charge in [-0.1, -0.05) is 15.9 Å². The lowest BCUT2D eigenvalue weighted by Crippen LogP contribution is -2.40. The van der Waals surface area contributed by atoms with Crippen LogP contribution in [0.15, 0.2) is 22.7 Å². The Morgan fingerprint density at radius 2 is 1.86 bits per heavy atom. The minimum Gasteiger partial charge on any atom is -0.491 e. The van der Waals surface area contributed by atoms with Crippen molar-refractivity contribution < 1.29 is 19.4 Å². The van der Waals surface area contributed by atoms with Crippen molar-refractivity contribution in [2.75, 3.05) is 6.54 Å². The van der Waals surface area contributed by atoms with E-state index in [1.807, 2.05) is 13.8 Å². The first-order chi connectivity index (χ1) is 9.70. The van der Waals surface area contributed by atoms with Crippen LogP contribution >= 0.6 is 15.9 Å². The molecule has 0 aliphatic heterocycles. The Bertz CT molecular complexity index is 528. The monoisotopic (exact) mass is 357 g/mol. The summed E-state index contributed by atoms with van der Waals surface area (Å²) >= 11 is 3.34. The van der Waals surface area contributed by atoms with Crippen molar-refractivity contribution in [1.82, 2.24) is 4.90 Å². The second kappa shape index (κ2) is 7.45. The van der Waals surface area contributed by atoms with E-state index in [1.54, 1.807) is 32.0 Å². The van der Waals surface area contributed by atoms with E-state index in [0.717, 1.165) is 0 Å². The zero-order valence-corrected chi connectivity index (χ0v) is 14.2. The summed E-state index contributed by atoms with van der Waals surface area (Å²) in [7, 11) is 0. The molecule has 5 nitrogen and oxygen atoms in total. The first-order valence-electron chi connectivity index (χ1n) is 6.70. The summed E-state index contributed by atoms with van der Waals surface area (Å²) in [6.45, 7) is 7.03. The van der Waals surface area contributed by atoms with E-state index in [2.05, 4.69) is 15.9 Å². The van der Waals surface area contributed by atoms with Crippen molar-refractivity contribution >= 4 is 27.8 Å². The number of nitrogens with zero attached hydrogens (tertiary/aromatic N) is 1.